The molecule has 3 rings (SSSR count). The molecule has 2 N–H and O–H groups in total. The smallest absolute Gasteiger partial charge is 0.283 e. The number of fused-ring (bicyclic) bond motifs is 1. The van der Waals surface area contributed by atoms with E-state index >= 15 is 0 Å². The van der Waals surface area contributed by atoms with Gasteiger partial charge in [0.25, 0.3) is 12.4 Å². The quantitative estimate of drug-likeness (QED) is 0.904. The highest BCUT2D eigenvalue weighted by molar-refractivity contribution is 9.10. The minimum absolute atomic E-state index is 0.143. The molecule has 0 amide bonds. The average molecular weight is 335 g/mol. The molecule has 102 valence electrons. The molecule has 0 radical (unpaired) electrons. The molecule has 2 aliphatic rings. The van der Waals surface area contributed by atoms with E-state index in [9.17, 15) is 13.2 Å². The summed E-state index contributed by atoms with van der Waals surface area (Å²) in [5.41, 5.74) is 3.36. The van der Waals surface area contributed by atoms with E-state index in [0.29, 0.717) is 10.9 Å². The average Bonchev–Trinajstić information content (AvgIpc) is 3.10. The minimum atomic E-state index is -2.85. The number of aliphatic imine (C=N–C) groups is 1. The summed E-state index contributed by atoms with van der Waals surface area (Å²) >= 11 is 3.16. The van der Waals surface area contributed by atoms with Crippen molar-refractivity contribution in [2.45, 2.75) is 24.5 Å². The molecule has 0 spiro atoms. The number of alkyl halides is 2. The van der Waals surface area contributed by atoms with Crippen molar-refractivity contribution in [2.24, 2.45) is 16.6 Å². The van der Waals surface area contributed by atoms with Crippen LogP contribution in [0.2, 0.25) is 0 Å². The predicted molar refractivity (Wildman–Crippen MR) is 66.4 cm³/mol. The van der Waals surface area contributed by atoms with Crippen molar-refractivity contribution >= 4 is 22.0 Å². The van der Waals surface area contributed by atoms with Gasteiger partial charge in [0.15, 0.2) is 5.54 Å². The summed E-state index contributed by atoms with van der Waals surface area (Å²) in [6.45, 7) is 0. The van der Waals surface area contributed by atoms with E-state index in [1.807, 2.05) is 0 Å². The largest absolute Gasteiger partial charge is 0.462 e. The van der Waals surface area contributed by atoms with E-state index in [1.54, 1.807) is 0 Å². The van der Waals surface area contributed by atoms with Crippen LogP contribution in [0.25, 0.3) is 0 Å². The van der Waals surface area contributed by atoms with Crippen LogP contribution in [0.15, 0.2) is 27.7 Å². The fourth-order valence-electron chi connectivity index (χ4n) is 2.60. The number of nitrogens with two attached hydrogens (primary N) is 1. The maximum atomic E-state index is 14.0. The fourth-order valence-corrected chi connectivity index (χ4v) is 2.97. The zero-order valence-corrected chi connectivity index (χ0v) is 11.2. The molecule has 0 saturated heterocycles. The number of hydrogen-bond acceptors (Lipinski definition) is 3. The van der Waals surface area contributed by atoms with Crippen LogP contribution in [0, 0.1) is 11.7 Å². The van der Waals surface area contributed by atoms with Crippen LogP contribution in [0.3, 0.4) is 0 Å². The lowest BCUT2D eigenvalue weighted by Gasteiger charge is -2.33. The maximum absolute atomic E-state index is 14.0. The first kappa shape index (κ1) is 12.8. The maximum Gasteiger partial charge on any atom is 0.283 e. The Labute approximate surface area is 115 Å². The second kappa shape index (κ2) is 4.13. The zero-order valence-electron chi connectivity index (χ0n) is 9.62. The number of benzene rings is 1. The Morgan fingerprint density at radius 2 is 2.21 bits per heavy atom. The monoisotopic (exact) mass is 334 g/mol. The van der Waals surface area contributed by atoms with Crippen LogP contribution >= 0.6 is 15.9 Å². The number of amidine groups is 1. The van der Waals surface area contributed by atoms with Gasteiger partial charge < -0.3 is 10.5 Å². The summed E-state index contributed by atoms with van der Waals surface area (Å²) in [6, 6.07) is 3.62. The second-order valence-corrected chi connectivity index (χ2v) is 5.61. The molecule has 7 heteroatoms. The molecule has 1 aliphatic heterocycles. The van der Waals surface area contributed by atoms with Gasteiger partial charge in [-0.25, -0.2) is 18.2 Å². The zero-order chi connectivity index (χ0) is 13.8. The highest BCUT2D eigenvalue weighted by Gasteiger charge is 2.64. The predicted octanol–water partition coefficient (Wildman–Crippen LogP) is 2.78. The van der Waals surface area contributed by atoms with Crippen molar-refractivity contribution in [1.82, 2.24) is 0 Å². The summed E-state index contributed by atoms with van der Waals surface area (Å²) in [5, 5.41) is 0. The van der Waals surface area contributed by atoms with Crippen molar-refractivity contribution in [2.75, 3.05) is 0 Å². The molecule has 3 atom stereocenters. The van der Waals surface area contributed by atoms with Crippen molar-refractivity contribution in [3.63, 3.8) is 0 Å². The summed E-state index contributed by atoms with van der Waals surface area (Å²) in [5.74, 6) is -1.25. The molecule has 19 heavy (non-hydrogen) atoms. The summed E-state index contributed by atoms with van der Waals surface area (Å²) < 4.78 is 46.9. The lowest BCUT2D eigenvalue weighted by atomic mass is 9.85. The third-order valence-electron chi connectivity index (χ3n) is 3.56. The van der Waals surface area contributed by atoms with Gasteiger partial charge >= 0.3 is 0 Å². The topological polar surface area (TPSA) is 47.6 Å². The van der Waals surface area contributed by atoms with Gasteiger partial charge in [0.1, 0.15) is 11.9 Å². The highest BCUT2D eigenvalue weighted by atomic mass is 79.9. The van der Waals surface area contributed by atoms with Gasteiger partial charge in [-0.15, -0.1) is 0 Å². The Kier molecular flexibility index (Phi) is 2.78. The second-order valence-electron chi connectivity index (χ2n) is 4.70. The molecule has 3 nitrogen and oxygen atoms in total. The van der Waals surface area contributed by atoms with Crippen molar-refractivity contribution < 1.29 is 17.9 Å². The molecule has 1 aromatic rings. The molecule has 0 unspecified atom stereocenters. The van der Waals surface area contributed by atoms with Crippen LogP contribution in [-0.4, -0.2) is 18.6 Å². The van der Waals surface area contributed by atoms with Crippen molar-refractivity contribution in [3.05, 3.63) is 34.1 Å². The Morgan fingerprint density at radius 1 is 1.47 bits per heavy atom. The lowest BCUT2D eigenvalue weighted by molar-refractivity contribution is 0.0176. The van der Waals surface area contributed by atoms with Gasteiger partial charge in [0.05, 0.1) is 0 Å². The number of nitrogens with zero attached hydrogens (tertiary/aromatic N) is 1. The van der Waals surface area contributed by atoms with E-state index in [4.69, 9.17) is 10.5 Å². The Morgan fingerprint density at radius 3 is 2.89 bits per heavy atom. The highest BCUT2D eigenvalue weighted by Crippen LogP contribution is 2.56. The minimum Gasteiger partial charge on any atom is -0.462 e. The first-order valence-corrected chi connectivity index (χ1v) is 6.50. The standard InChI is InChI=1S/C12H10BrF3N2O/c13-5-1-2-8(14)6(3-5)12(10(15)16)7-4-9(7)19-11(17)18-12/h1-3,7,9-10H,4H2,(H2,17,18)/t7-,9+,12+/m1/s1. The van der Waals surface area contributed by atoms with Gasteiger partial charge in [-0.05, 0) is 24.6 Å². The SMILES string of the molecule is NC1=N[C@](c2cc(Br)ccc2F)(C(F)F)[C@@H]2C[C@@H]2O1. The molecular formula is C12H10BrF3N2O. The molecule has 1 saturated carbocycles. The van der Waals surface area contributed by atoms with Gasteiger partial charge in [0, 0.05) is 16.0 Å². The number of hydrogen-bond donors (Lipinski definition) is 1. The summed E-state index contributed by atoms with van der Waals surface area (Å²) in [4.78, 5) is 3.77. The van der Waals surface area contributed by atoms with Gasteiger partial charge in [-0.2, -0.15) is 0 Å². The van der Waals surface area contributed by atoms with Crippen molar-refractivity contribution in [1.29, 1.82) is 0 Å². The molecule has 0 aromatic heterocycles. The van der Waals surface area contributed by atoms with Crippen LogP contribution in [0.1, 0.15) is 12.0 Å². The Hall–Kier alpha value is -1.24. The first-order chi connectivity index (χ1) is 8.95. The third-order valence-corrected chi connectivity index (χ3v) is 4.05. The number of rotatable bonds is 2. The van der Waals surface area contributed by atoms with Crippen LogP contribution in [-0.2, 0) is 10.3 Å². The van der Waals surface area contributed by atoms with Crippen LogP contribution in [0.5, 0.6) is 0 Å². The molecule has 1 aliphatic carbocycles. The fraction of sp³-hybridized carbons (Fsp3) is 0.417. The van der Waals surface area contributed by atoms with E-state index in [-0.39, 0.29) is 11.6 Å². The van der Waals surface area contributed by atoms with E-state index in [0.717, 1.165) is 6.07 Å². The number of halogens is 4. The molecule has 1 heterocycles. The normalized spacial score (nSPS) is 32.6. The van der Waals surface area contributed by atoms with Crippen LogP contribution in [0.4, 0.5) is 13.2 Å². The third kappa shape index (κ3) is 1.82. The lowest BCUT2D eigenvalue weighted by Crippen LogP contribution is -2.43. The van der Waals surface area contributed by atoms with Gasteiger partial charge in [0.2, 0.25) is 0 Å². The first-order valence-electron chi connectivity index (χ1n) is 5.71. The molecule has 0 bridgehead atoms. The Bertz CT molecular complexity index is 566. The van der Waals surface area contributed by atoms with Gasteiger partial charge in [-0.1, -0.05) is 15.9 Å². The molecule has 1 aromatic carbocycles. The molecular weight excluding hydrogens is 325 g/mol. The summed E-state index contributed by atoms with van der Waals surface area (Å²) in [6.07, 6.45) is -2.85. The number of ether oxygens (including phenoxy) is 1. The van der Waals surface area contributed by atoms with Crippen LogP contribution < -0.4 is 5.73 Å². The van der Waals surface area contributed by atoms with Crippen molar-refractivity contribution in [3.8, 4) is 0 Å². The van der Waals surface area contributed by atoms with E-state index < -0.39 is 29.8 Å². The molecule has 1 fully saturated rings. The van der Waals surface area contributed by atoms with Gasteiger partial charge in [-0.3, -0.25) is 0 Å². The summed E-state index contributed by atoms with van der Waals surface area (Å²) in [7, 11) is 0. The van der Waals surface area contributed by atoms with E-state index in [2.05, 4.69) is 20.9 Å². The Balaban J connectivity index is 2.21. The van der Waals surface area contributed by atoms with E-state index in [1.165, 1.54) is 12.1 Å².